The molecule has 0 saturated heterocycles. The summed E-state index contributed by atoms with van der Waals surface area (Å²) in [6, 6.07) is 16.7. The average Bonchev–Trinajstić information content (AvgIpc) is 3.40. The molecule has 0 N–H and O–H groups in total. The van der Waals surface area contributed by atoms with Gasteiger partial charge < -0.3 is 52.1 Å². The van der Waals surface area contributed by atoms with E-state index < -0.39 is 11.9 Å². The first kappa shape index (κ1) is 58.5. The van der Waals surface area contributed by atoms with Gasteiger partial charge in [0.25, 0.3) is 0 Å². The van der Waals surface area contributed by atoms with Crippen LogP contribution in [-0.2, 0) is 53.1 Å². The lowest BCUT2D eigenvalue weighted by molar-refractivity contribution is -0.289. The van der Waals surface area contributed by atoms with Gasteiger partial charge >= 0.3 is 11.9 Å². The van der Waals surface area contributed by atoms with Gasteiger partial charge in [-0.2, -0.15) is 0 Å². The lowest BCUT2D eigenvalue weighted by Crippen LogP contribution is -2.13. The summed E-state index contributed by atoms with van der Waals surface area (Å²) in [5.74, 6) is 0.786. The molecule has 0 spiro atoms. The van der Waals surface area contributed by atoms with Crippen LogP contribution < -0.4 is 37.9 Å². The van der Waals surface area contributed by atoms with E-state index in [2.05, 4.69) is 39.5 Å². The summed E-state index contributed by atoms with van der Waals surface area (Å²) < 4.78 is 63.2. The van der Waals surface area contributed by atoms with Gasteiger partial charge in [-0.3, -0.25) is 0 Å². The Kier molecular flexibility index (Phi) is 28.4. The Morgan fingerprint density at radius 2 is 0.730 bits per heavy atom. The molecule has 396 valence electrons. The number of carbonyl (C=O) groups excluding carboxylic acids is 2. The van der Waals surface area contributed by atoms with Gasteiger partial charge in [-0.25, -0.2) is 38.9 Å². The van der Waals surface area contributed by atoms with Crippen LogP contribution >= 0.6 is 0 Å². The van der Waals surface area contributed by atoms with E-state index in [0.717, 1.165) is 0 Å². The topological polar surface area (TPSA) is 191 Å². The van der Waals surface area contributed by atoms with Gasteiger partial charge in [-0.15, -0.1) is 19.7 Å². The molecule has 0 fully saturated rings. The van der Waals surface area contributed by atoms with Crippen LogP contribution in [-0.4, -0.2) is 111 Å². The number of fused-ring (bicyclic) bond motifs is 1. The van der Waals surface area contributed by atoms with Crippen molar-refractivity contribution in [2.24, 2.45) is 0 Å². The second-order valence-electron chi connectivity index (χ2n) is 14.2. The van der Waals surface area contributed by atoms with Crippen molar-refractivity contribution in [3.05, 3.63) is 160 Å². The fourth-order valence-electron chi connectivity index (χ4n) is 5.97. The average molecular weight is 1030 g/mol. The minimum atomic E-state index is -0.685. The Bertz CT molecular complexity index is 2460. The monoisotopic (exact) mass is 1030 g/mol. The molecule has 19 nitrogen and oxygen atoms in total. The molecule has 0 aliphatic carbocycles. The van der Waals surface area contributed by atoms with E-state index in [1.165, 1.54) is 43.1 Å². The second-order valence-corrected chi connectivity index (χ2v) is 14.2. The molecule has 0 aromatic heterocycles. The minimum absolute atomic E-state index is 0.0392. The van der Waals surface area contributed by atoms with E-state index >= 15 is 0 Å². The van der Waals surface area contributed by atoms with Gasteiger partial charge in [-0.1, -0.05) is 50.1 Å². The third-order valence-corrected chi connectivity index (χ3v) is 9.00. The summed E-state index contributed by atoms with van der Waals surface area (Å²) in [5.41, 5.74) is 0.917. The van der Waals surface area contributed by atoms with Gasteiger partial charge in [0, 0.05) is 23.3 Å². The van der Waals surface area contributed by atoms with Crippen molar-refractivity contribution in [3.8, 4) is 46.0 Å². The van der Waals surface area contributed by atoms with Crippen LogP contribution in [0.4, 0.5) is 0 Å². The molecule has 4 rings (SSSR count). The normalized spacial score (nSPS) is 10.8. The van der Waals surface area contributed by atoms with Crippen molar-refractivity contribution in [2.45, 2.75) is 0 Å². The zero-order valence-electron chi connectivity index (χ0n) is 41.2. The van der Waals surface area contributed by atoms with Gasteiger partial charge in [-0.05, 0) is 71.5 Å². The maximum Gasteiger partial charge on any atom is 0.336 e. The van der Waals surface area contributed by atoms with Crippen LogP contribution in [0.15, 0.2) is 149 Å². The number of esters is 2. The summed E-state index contributed by atoms with van der Waals surface area (Å²) in [7, 11) is 0. The van der Waals surface area contributed by atoms with Gasteiger partial charge in [0.1, 0.15) is 111 Å². The molecule has 4 aromatic carbocycles. The largest absolute Gasteiger partial charge is 0.498 e. The molecular weight excluding hydrogens is 965 g/mol. The zero-order valence-corrected chi connectivity index (χ0v) is 41.2. The van der Waals surface area contributed by atoms with Gasteiger partial charge in [0.05, 0.1) is 18.8 Å². The van der Waals surface area contributed by atoms with Crippen LogP contribution in [0.2, 0.25) is 0 Å². The van der Waals surface area contributed by atoms with Crippen LogP contribution in [0.3, 0.4) is 0 Å². The molecule has 74 heavy (non-hydrogen) atoms. The van der Waals surface area contributed by atoms with Crippen molar-refractivity contribution in [1.82, 2.24) is 0 Å². The molecule has 0 amide bonds. The summed E-state index contributed by atoms with van der Waals surface area (Å²) in [6.07, 6.45) is 14.1. The van der Waals surface area contributed by atoms with E-state index in [0.29, 0.717) is 33.4 Å². The molecule has 4 aromatic rings. The SMILES string of the molecule is C=CCOOCCOc1ccc(/C=C/C(=O)Oc2ccc3cc(OC(=O)/C=C/c4ccc(OCCOC=C)c(OCCOC=C)c4OCCOOCC=C)ccc3c2)c(OCCOC=C)c1OCCOOCC=C. The molecule has 0 atom stereocenters. The van der Waals surface area contributed by atoms with Gasteiger partial charge in [0.15, 0.2) is 23.0 Å². The van der Waals surface area contributed by atoms with E-state index in [-0.39, 0.29) is 134 Å². The highest BCUT2D eigenvalue weighted by Crippen LogP contribution is 2.42. The van der Waals surface area contributed by atoms with Gasteiger partial charge in [0.2, 0.25) is 11.5 Å². The predicted octanol–water partition coefficient (Wildman–Crippen LogP) is 9.23. The van der Waals surface area contributed by atoms with E-state index in [9.17, 15) is 9.59 Å². The molecule has 0 heterocycles. The van der Waals surface area contributed by atoms with Crippen LogP contribution in [0.25, 0.3) is 22.9 Å². The van der Waals surface area contributed by atoms with E-state index in [1.54, 1.807) is 78.9 Å². The molecular formula is C55H62O19. The minimum Gasteiger partial charge on any atom is -0.498 e. The first-order valence-electron chi connectivity index (χ1n) is 23.0. The number of carbonyl (C=O) groups is 2. The van der Waals surface area contributed by atoms with Crippen LogP contribution in [0, 0.1) is 0 Å². The first-order valence-corrected chi connectivity index (χ1v) is 23.0. The highest BCUT2D eigenvalue weighted by Gasteiger charge is 2.20. The summed E-state index contributed by atoms with van der Waals surface area (Å²) >= 11 is 0. The number of hydrogen-bond acceptors (Lipinski definition) is 19. The number of rotatable bonds is 42. The van der Waals surface area contributed by atoms with E-state index in [4.69, 9.17) is 81.4 Å². The lowest BCUT2D eigenvalue weighted by Gasteiger charge is -2.19. The molecule has 0 aliphatic heterocycles. The van der Waals surface area contributed by atoms with Crippen molar-refractivity contribution >= 4 is 34.9 Å². The quantitative estimate of drug-likeness (QED) is 0.00596. The van der Waals surface area contributed by atoms with Crippen molar-refractivity contribution in [1.29, 1.82) is 0 Å². The summed E-state index contributed by atoms with van der Waals surface area (Å²) in [4.78, 5) is 56.8. The Labute approximate surface area is 430 Å². The molecule has 0 unspecified atom stereocenters. The third kappa shape index (κ3) is 21.8. The Morgan fingerprint density at radius 1 is 0.378 bits per heavy atom. The lowest BCUT2D eigenvalue weighted by atomic mass is 10.1. The van der Waals surface area contributed by atoms with Crippen LogP contribution in [0.1, 0.15) is 11.1 Å². The smallest absolute Gasteiger partial charge is 0.336 e. The maximum atomic E-state index is 13.2. The number of hydrogen-bond donors (Lipinski definition) is 0. The standard InChI is InChI=1S/C55H62O19/c1-7-25-67-70-37-34-62-49-22-16-42(52(63-32-29-59-11-5)55(49)66-36-39-72-69-27-9-3)17-23-50(56)73-46-19-13-45-41-47(20-14-44(45)40-46)74-51(57)24-18-43-15-21-48(61-31-28-58-10-4)54(65-33-30-60-12-6)53(43)64-35-38-71-68-26-8-2/h7-24,40-41H,1-6,25-39H2/b23-17+,24-18+. The number of ether oxygens (including phenoxy) is 11. The zero-order chi connectivity index (χ0) is 52.9. The summed E-state index contributed by atoms with van der Waals surface area (Å²) in [5, 5.41) is 1.40. The molecule has 0 aliphatic rings. The first-order chi connectivity index (χ1) is 36.3. The highest BCUT2D eigenvalue weighted by molar-refractivity contribution is 5.93. The fraction of sp³-hybridized carbons (Fsp3) is 0.273. The summed E-state index contributed by atoms with van der Waals surface area (Å²) in [6.45, 7) is 23.4. The molecule has 19 heteroatoms. The third-order valence-electron chi connectivity index (χ3n) is 9.00. The van der Waals surface area contributed by atoms with Crippen LogP contribution in [0.5, 0.6) is 46.0 Å². The van der Waals surface area contributed by atoms with Crippen molar-refractivity contribution < 1.29 is 91.0 Å². The second kappa shape index (κ2) is 36.0. The highest BCUT2D eigenvalue weighted by atomic mass is 17.2. The van der Waals surface area contributed by atoms with E-state index in [1.807, 2.05) is 0 Å². The fourth-order valence-corrected chi connectivity index (χ4v) is 5.97. The number of benzene rings is 4. The molecule has 0 saturated carbocycles. The maximum absolute atomic E-state index is 13.2. The molecule has 0 radical (unpaired) electrons. The predicted molar refractivity (Wildman–Crippen MR) is 274 cm³/mol. The Morgan fingerprint density at radius 3 is 1.11 bits per heavy atom. The Balaban J connectivity index is 1.49. The molecule has 0 bridgehead atoms. The Hall–Kier alpha value is -8.04. The van der Waals surface area contributed by atoms with Crippen molar-refractivity contribution in [3.63, 3.8) is 0 Å². The van der Waals surface area contributed by atoms with Crippen molar-refractivity contribution in [2.75, 3.05) is 99.1 Å².